The Morgan fingerprint density at radius 1 is 1.17 bits per heavy atom. The third kappa shape index (κ3) is 5.01. The van der Waals surface area contributed by atoms with Crippen LogP contribution in [0.2, 0.25) is 0 Å². The van der Waals surface area contributed by atoms with Crippen LogP contribution in [-0.2, 0) is 11.3 Å². The first-order valence-corrected chi connectivity index (χ1v) is 9.86. The number of nitrogens with one attached hydrogen (secondary N) is 2. The van der Waals surface area contributed by atoms with Crippen molar-refractivity contribution in [1.29, 1.82) is 0 Å². The second kappa shape index (κ2) is 9.49. The lowest BCUT2D eigenvalue weighted by Gasteiger charge is -2.10. The van der Waals surface area contributed by atoms with Crippen LogP contribution in [0, 0.1) is 12.7 Å². The summed E-state index contributed by atoms with van der Waals surface area (Å²) in [5, 5.41) is 13.0. The number of para-hydroxylation sites is 2. The fourth-order valence-corrected chi connectivity index (χ4v) is 3.00. The number of benzene rings is 2. The highest BCUT2D eigenvalue weighted by molar-refractivity contribution is 9.10. The molecule has 2 amide bonds. The summed E-state index contributed by atoms with van der Waals surface area (Å²) in [5.41, 5.74) is 1.02. The number of hydrogen-bond acceptors (Lipinski definition) is 5. The van der Waals surface area contributed by atoms with E-state index in [1.165, 1.54) is 16.8 Å². The summed E-state index contributed by atoms with van der Waals surface area (Å²) in [5.74, 6) is -1.02. The van der Waals surface area contributed by atoms with Crippen molar-refractivity contribution in [2.45, 2.75) is 20.4 Å². The maximum absolute atomic E-state index is 13.9. The number of nitrogens with zero attached hydrogens (tertiary/aromatic N) is 3. The molecule has 2 N–H and O–H groups in total. The molecule has 0 spiro atoms. The molecule has 8 nitrogen and oxygen atoms in total. The van der Waals surface area contributed by atoms with Gasteiger partial charge in [0.1, 0.15) is 18.1 Å². The molecule has 0 aliphatic rings. The number of hydrogen-bond donors (Lipinski definition) is 2. The van der Waals surface area contributed by atoms with Gasteiger partial charge in [-0.05, 0) is 44.2 Å². The van der Waals surface area contributed by atoms with Crippen LogP contribution in [0.3, 0.4) is 0 Å². The first kappa shape index (κ1) is 21.4. The summed E-state index contributed by atoms with van der Waals surface area (Å²) in [4.78, 5) is 24.9. The van der Waals surface area contributed by atoms with E-state index in [0.29, 0.717) is 28.2 Å². The molecule has 0 atom stereocenters. The lowest BCUT2D eigenvalue weighted by molar-refractivity contribution is -0.117. The Morgan fingerprint density at radius 2 is 1.93 bits per heavy atom. The number of halogens is 2. The highest BCUT2D eigenvalue weighted by Crippen LogP contribution is 2.24. The van der Waals surface area contributed by atoms with Crippen molar-refractivity contribution in [2.24, 2.45) is 0 Å². The Morgan fingerprint density at radius 3 is 2.67 bits per heavy atom. The van der Waals surface area contributed by atoms with E-state index in [1.807, 2.05) is 6.92 Å². The second-order valence-electron chi connectivity index (χ2n) is 6.24. The number of carbonyl (C=O) groups excluding carboxylic acids is 2. The minimum Gasteiger partial charge on any atom is -0.492 e. The fourth-order valence-electron chi connectivity index (χ4n) is 2.67. The van der Waals surface area contributed by atoms with Gasteiger partial charge in [0.25, 0.3) is 5.91 Å². The minimum atomic E-state index is -0.568. The van der Waals surface area contributed by atoms with E-state index in [0.717, 1.165) is 0 Å². The van der Waals surface area contributed by atoms with Crippen LogP contribution in [-0.4, -0.2) is 33.4 Å². The Hall–Kier alpha value is -3.27. The summed E-state index contributed by atoms with van der Waals surface area (Å²) in [6, 6.07) is 11.3. The zero-order chi connectivity index (χ0) is 21.7. The summed E-state index contributed by atoms with van der Waals surface area (Å²) >= 11 is 3.16. The SMILES string of the molecule is CCOc1ccccc1NC(=O)c1nnn(CC(=O)Nc2ccc(Br)cc2F)c1C. The van der Waals surface area contributed by atoms with E-state index in [9.17, 15) is 14.0 Å². The Balaban J connectivity index is 1.69. The average Bonchev–Trinajstić information content (AvgIpc) is 3.06. The molecule has 0 saturated heterocycles. The maximum Gasteiger partial charge on any atom is 0.278 e. The molecule has 0 saturated carbocycles. The predicted molar refractivity (Wildman–Crippen MR) is 113 cm³/mol. The zero-order valence-corrected chi connectivity index (χ0v) is 17.9. The number of anilines is 2. The molecule has 0 aliphatic carbocycles. The number of amides is 2. The topological polar surface area (TPSA) is 98.1 Å². The average molecular weight is 476 g/mol. The molecule has 156 valence electrons. The second-order valence-corrected chi connectivity index (χ2v) is 7.15. The standard InChI is InChI=1S/C20H19BrFN5O3/c1-3-30-17-7-5-4-6-16(17)24-20(29)19-12(2)27(26-25-19)11-18(28)23-15-9-8-13(21)10-14(15)22/h4-10H,3,11H2,1-2H3,(H,23,28)(H,24,29). The van der Waals surface area contributed by atoms with Gasteiger partial charge in [-0.2, -0.15) is 0 Å². The summed E-state index contributed by atoms with van der Waals surface area (Å²) in [7, 11) is 0. The fraction of sp³-hybridized carbons (Fsp3) is 0.200. The summed E-state index contributed by atoms with van der Waals surface area (Å²) in [6.45, 7) is 3.70. The van der Waals surface area contributed by atoms with Gasteiger partial charge in [0.05, 0.1) is 23.7 Å². The van der Waals surface area contributed by atoms with Crippen molar-refractivity contribution < 1.29 is 18.7 Å². The smallest absolute Gasteiger partial charge is 0.278 e. The zero-order valence-electron chi connectivity index (χ0n) is 16.3. The minimum absolute atomic E-state index is 0.0477. The first-order chi connectivity index (χ1) is 14.4. The molecule has 0 unspecified atom stereocenters. The lowest BCUT2D eigenvalue weighted by atomic mass is 10.2. The van der Waals surface area contributed by atoms with Crippen LogP contribution in [0.1, 0.15) is 23.1 Å². The van der Waals surface area contributed by atoms with Crippen molar-refractivity contribution in [2.75, 3.05) is 17.2 Å². The predicted octanol–water partition coefficient (Wildman–Crippen LogP) is 3.78. The van der Waals surface area contributed by atoms with Crippen LogP contribution >= 0.6 is 15.9 Å². The van der Waals surface area contributed by atoms with E-state index in [2.05, 4.69) is 36.9 Å². The molecular weight excluding hydrogens is 457 g/mol. The molecule has 1 aromatic heterocycles. The molecule has 30 heavy (non-hydrogen) atoms. The van der Waals surface area contributed by atoms with Gasteiger partial charge in [0.15, 0.2) is 5.69 Å². The van der Waals surface area contributed by atoms with Crippen molar-refractivity contribution in [3.63, 3.8) is 0 Å². The van der Waals surface area contributed by atoms with Crippen LogP contribution in [0.5, 0.6) is 5.75 Å². The monoisotopic (exact) mass is 475 g/mol. The highest BCUT2D eigenvalue weighted by Gasteiger charge is 2.19. The van der Waals surface area contributed by atoms with Gasteiger partial charge >= 0.3 is 0 Å². The summed E-state index contributed by atoms with van der Waals surface area (Å²) < 4.78 is 21.2. The number of ether oxygens (including phenoxy) is 1. The molecular formula is C20H19BrFN5O3. The Labute approximate surface area is 180 Å². The largest absolute Gasteiger partial charge is 0.492 e. The Kier molecular flexibility index (Phi) is 6.78. The van der Waals surface area contributed by atoms with Crippen molar-refractivity contribution in [3.8, 4) is 5.75 Å². The van der Waals surface area contributed by atoms with Gasteiger partial charge in [0, 0.05) is 4.47 Å². The maximum atomic E-state index is 13.9. The van der Waals surface area contributed by atoms with Crippen LogP contribution in [0.15, 0.2) is 46.9 Å². The number of rotatable bonds is 7. The van der Waals surface area contributed by atoms with Crippen molar-refractivity contribution >= 4 is 39.1 Å². The van der Waals surface area contributed by atoms with Gasteiger partial charge in [-0.15, -0.1) is 5.10 Å². The van der Waals surface area contributed by atoms with Crippen molar-refractivity contribution in [1.82, 2.24) is 15.0 Å². The summed E-state index contributed by atoms with van der Waals surface area (Å²) in [6.07, 6.45) is 0. The van der Waals surface area contributed by atoms with Gasteiger partial charge < -0.3 is 15.4 Å². The van der Waals surface area contributed by atoms with Crippen LogP contribution in [0.25, 0.3) is 0 Å². The van der Waals surface area contributed by atoms with E-state index in [-0.39, 0.29) is 17.9 Å². The van der Waals surface area contributed by atoms with Crippen LogP contribution < -0.4 is 15.4 Å². The first-order valence-electron chi connectivity index (χ1n) is 9.07. The van der Waals surface area contributed by atoms with Gasteiger partial charge in [-0.3, -0.25) is 9.59 Å². The molecule has 3 aromatic rings. The van der Waals surface area contributed by atoms with Crippen molar-refractivity contribution in [3.05, 3.63) is 64.1 Å². The van der Waals surface area contributed by atoms with Gasteiger partial charge in [-0.1, -0.05) is 33.3 Å². The number of aromatic nitrogens is 3. The molecule has 3 rings (SSSR count). The third-order valence-electron chi connectivity index (χ3n) is 4.13. The molecule has 0 bridgehead atoms. The van der Waals surface area contributed by atoms with E-state index >= 15 is 0 Å². The third-order valence-corrected chi connectivity index (χ3v) is 4.62. The lowest BCUT2D eigenvalue weighted by Crippen LogP contribution is -2.21. The van der Waals surface area contributed by atoms with Crippen LogP contribution in [0.4, 0.5) is 15.8 Å². The van der Waals surface area contributed by atoms with E-state index in [4.69, 9.17) is 4.74 Å². The van der Waals surface area contributed by atoms with E-state index in [1.54, 1.807) is 37.3 Å². The van der Waals surface area contributed by atoms with Gasteiger partial charge in [-0.25, -0.2) is 9.07 Å². The van der Waals surface area contributed by atoms with Gasteiger partial charge in [0.2, 0.25) is 5.91 Å². The number of carbonyl (C=O) groups is 2. The van der Waals surface area contributed by atoms with E-state index < -0.39 is 17.6 Å². The Bertz CT molecular complexity index is 1090. The normalized spacial score (nSPS) is 10.5. The quantitative estimate of drug-likeness (QED) is 0.541. The molecule has 0 fully saturated rings. The molecule has 0 aliphatic heterocycles. The highest BCUT2D eigenvalue weighted by atomic mass is 79.9. The molecule has 0 radical (unpaired) electrons. The molecule has 1 heterocycles. The molecule has 10 heteroatoms. The molecule has 2 aromatic carbocycles.